The second-order valence-electron chi connectivity index (χ2n) is 5.75. The lowest BCUT2D eigenvalue weighted by Crippen LogP contribution is -1.95. The number of rotatable bonds is 4. The van der Waals surface area contributed by atoms with Crippen LogP contribution in [0.15, 0.2) is 60.9 Å². The van der Waals surface area contributed by atoms with Crippen LogP contribution in [0, 0.1) is 13.8 Å². The van der Waals surface area contributed by atoms with Crippen molar-refractivity contribution in [3.05, 3.63) is 71.4 Å². The molecule has 0 spiro atoms. The first kappa shape index (κ1) is 15.6. The summed E-state index contributed by atoms with van der Waals surface area (Å²) in [5, 5.41) is 4.48. The smallest absolute Gasteiger partial charge is 0.142 e. The highest BCUT2D eigenvalue weighted by Crippen LogP contribution is 2.34. The van der Waals surface area contributed by atoms with Gasteiger partial charge in [-0.15, -0.1) is 11.3 Å². The molecular weight excluding hydrogens is 330 g/mol. The molecule has 0 saturated heterocycles. The summed E-state index contributed by atoms with van der Waals surface area (Å²) < 4.78 is 5.82. The molecule has 5 heteroatoms. The fourth-order valence-electron chi connectivity index (χ4n) is 2.64. The molecule has 2 heterocycles. The Morgan fingerprint density at radius 3 is 2.36 bits per heavy atom. The molecule has 4 rings (SSSR count). The number of nitrogens with zero attached hydrogens (tertiary/aromatic N) is 2. The third kappa shape index (κ3) is 3.19. The molecule has 25 heavy (non-hydrogen) atoms. The van der Waals surface area contributed by atoms with E-state index in [2.05, 4.69) is 29.1 Å². The molecule has 4 nitrogen and oxygen atoms in total. The highest BCUT2D eigenvalue weighted by Gasteiger charge is 2.12. The Hall–Kier alpha value is -2.92. The summed E-state index contributed by atoms with van der Waals surface area (Å²) in [4.78, 5) is 11.1. The van der Waals surface area contributed by atoms with E-state index in [1.54, 1.807) is 17.7 Å². The lowest BCUT2D eigenvalue weighted by atomic mass is 10.2. The van der Waals surface area contributed by atoms with Crippen LogP contribution < -0.4 is 10.1 Å². The molecule has 0 saturated carbocycles. The number of hydrogen-bond acceptors (Lipinski definition) is 5. The summed E-state index contributed by atoms with van der Waals surface area (Å²) in [6.07, 6.45) is 1.60. The number of hydrogen-bond donors (Lipinski definition) is 1. The van der Waals surface area contributed by atoms with E-state index in [-0.39, 0.29) is 0 Å². The van der Waals surface area contributed by atoms with Crippen molar-refractivity contribution >= 4 is 33.1 Å². The number of fused-ring (bicyclic) bond motifs is 1. The van der Waals surface area contributed by atoms with E-state index in [4.69, 9.17) is 4.74 Å². The summed E-state index contributed by atoms with van der Waals surface area (Å²) in [6.45, 7) is 4.22. The van der Waals surface area contributed by atoms with Gasteiger partial charge >= 0.3 is 0 Å². The van der Waals surface area contributed by atoms with E-state index in [0.29, 0.717) is 0 Å². The van der Waals surface area contributed by atoms with Crippen LogP contribution in [0.5, 0.6) is 11.5 Å². The standard InChI is InChI=1S/C20H17N3OS/c1-13-14(2)25-20-18(13)19(21-12-22-20)23-15-8-10-17(11-9-15)24-16-6-4-3-5-7-16/h3-12H,1-2H3,(H,21,22,23). The van der Waals surface area contributed by atoms with Crippen LogP contribution in [-0.4, -0.2) is 9.97 Å². The summed E-state index contributed by atoms with van der Waals surface area (Å²) >= 11 is 1.70. The van der Waals surface area contributed by atoms with E-state index < -0.39 is 0 Å². The number of aromatic nitrogens is 2. The maximum absolute atomic E-state index is 5.82. The van der Waals surface area contributed by atoms with Crippen LogP contribution in [0.3, 0.4) is 0 Å². The molecular formula is C20H17N3OS. The molecule has 0 radical (unpaired) electrons. The number of thiophene rings is 1. The molecule has 0 aliphatic carbocycles. The van der Waals surface area contributed by atoms with Gasteiger partial charge < -0.3 is 10.1 Å². The van der Waals surface area contributed by atoms with Crippen molar-refractivity contribution < 1.29 is 4.74 Å². The van der Waals surface area contributed by atoms with Crippen molar-refractivity contribution in [1.29, 1.82) is 0 Å². The average Bonchev–Trinajstić information content (AvgIpc) is 2.93. The second kappa shape index (κ2) is 6.53. The Morgan fingerprint density at radius 2 is 1.60 bits per heavy atom. The minimum Gasteiger partial charge on any atom is -0.457 e. The van der Waals surface area contributed by atoms with Gasteiger partial charge in [0.05, 0.1) is 5.39 Å². The Bertz CT molecular complexity index is 1010. The zero-order valence-electron chi connectivity index (χ0n) is 14.0. The number of benzene rings is 2. The first-order chi connectivity index (χ1) is 12.2. The summed E-state index contributed by atoms with van der Waals surface area (Å²) in [6, 6.07) is 17.6. The van der Waals surface area contributed by atoms with Crippen molar-refractivity contribution in [3.8, 4) is 11.5 Å². The van der Waals surface area contributed by atoms with Crippen molar-refractivity contribution in [2.24, 2.45) is 0 Å². The molecule has 0 amide bonds. The van der Waals surface area contributed by atoms with Gasteiger partial charge in [0.15, 0.2) is 0 Å². The highest BCUT2D eigenvalue weighted by atomic mass is 32.1. The second-order valence-corrected chi connectivity index (χ2v) is 6.95. The molecule has 0 atom stereocenters. The van der Waals surface area contributed by atoms with Gasteiger partial charge in [0, 0.05) is 10.6 Å². The maximum Gasteiger partial charge on any atom is 0.142 e. The van der Waals surface area contributed by atoms with Gasteiger partial charge in [0.25, 0.3) is 0 Å². The predicted molar refractivity (Wildman–Crippen MR) is 103 cm³/mol. The number of nitrogens with one attached hydrogen (secondary N) is 1. The SMILES string of the molecule is Cc1sc2ncnc(Nc3ccc(Oc4ccccc4)cc3)c2c1C. The van der Waals surface area contributed by atoms with Crippen LogP contribution in [0.4, 0.5) is 11.5 Å². The van der Waals surface area contributed by atoms with Crippen molar-refractivity contribution in [3.63, 3.8) is 0 Å². The fraction of sp³-hybridized carbons (Fsp3) is 0.100. The zero-order chi connectivity index (χ0) is 17.2. The minimum atomic E-state index is 0.798. The molecule has 4 aromatic rings. The molecule has 124 valence electrons. The van der Waals surface area contributed by atoms with E-state index in [0.717, 1.165) is 33.2 Å². The van der Waals surface area contributed by atoms with E-state index in [1.165, 1.54) is 10.4 Å². The lowest BCUT2D eigenvalue weighted by molar-refractivity contribution is 0.483. The van der Waals surface area contributed by atoms with Gasteiger partial charge in [-0.25, -0.2) is 9.97 Å². The highest BCUT2D eigenvalue weighted by molar-refractivity contribution is 7.18. The number of para-hydroxylation sites is 1. The van der Waals surface area contributed by atoms with Crippen LogP contribution >= 0.6 is 11.3 Å². The molecule has 2 aromatic carbocycles. The summed E-state index contributed by atoms with van der Waals surface area (Å²) in [5.41, 5.74) is 2.19. The lowest BCUT2D eigenvalue weighted by Gasteiger charge is -2.09. The largest absolute Gasteiger partial charge is 0.457 e. The Morgan fingerprint density at radius 1 is 0.880 bits per heavy atom. The van der Waals surface area contributed by atoms with Crippen LogP contribution in [-0.2, 0) is 0 Å². The third-order valence-corrected chi connectivity index (χ3v) is 5.18. The van der Waals surface area contributed by atoms with E-state index >= 15 is 0 Å². The van der Waals surface area contributed by atoms with E-state index in [1.807, 2.05) is 54.6 Å². The summed E-state index contributed by atoms with van der Waals surface area (Å²) in [5.74, 6) is 2.46. The molecule has 0 fully saturated rings. The predicted octanol–water partition coefficient (Wildman–Crippen LogP) is 5.84. The minimum absolute atomic E-state index is 0.798. The maximum atomic E-state index is 5.82. The van der Waals surface area contributed by atoms with Gasteiger partial charge in [0.2, 0.25) is 0 Å². The zero-order valence-corrected chi connectivity index (χ0v) is 14.8. The molecule has 0 aliphatic rings. The Kier molecular flexibility index (Phi) is 4.07. The fourth-order valence-corrected chi connectivity index (χ4v) is 3.64. The normalized spacial score (nSPS) is 10.8. The van der Waals surface area contributed by atoms with Crippen molar-refractivity contribution in [2.75, 3.05) is 5.32 Å². The first-order valence-electron chi connectivity index (χ1n) is 8.01. The number of ether oxygens (including phenoxy) is 1. The molecule has 1 N–H and O–H groups in total. The molecule has 2 aromatic heterocycles. The number of aryl methyl sites for hydroxylation is 2. The summed E-state index contributed by atoms with van der Waals surface area (Å²) in [7, 11) is 0. The Balaban J connectivity index is 1.58. The average molecular weight is 347 g/mol. The molecule has 0 bridgehead atoms. The number of anilines is 2. The Labute approximate surface area is 150 Å². The van der Waals surface area contributed by atoms with Crippen molar-refractivity contribution in [1.82, 2.24) is 9.97 Å². The van der Waals surface area contributed by atoms with Gasteiger partial charge in [0.1, 0.15) is 28.5 Å². The molecule has 0 aliphatic heterocycles. The first-order valence-corrected chi connectivity index (χ1v) is 8.83. The van der Waals surface area contributed by atoms with Gasteiger partial charge in [-0.05, 0) is 55.8 Å². The van der Waals surface area contributed by atoms with Gasteiger partial charge in [-0.2, -0.15) is 0 Å². The third-order valence-electron chi connectivity index (χ3n) is 4.06. The topological polar surface area (TPSA) is 47.0 Å². The quantitative estimate of drug-likeness (QED) is 0.503. The monoisotopic (exact) mass is 347 g/mol. The van der Waals surface area contributed by atoms with Crippen LogP contribution in [0.2, 0.25) is 0 Å². The molecule has 0 unspecified atom stereocenters. The van der Waals surface area contributed by atoms with Crippen LogP contribution in [0.25, 0.3) is 10.2 Å². The van der Waals surface area contributed by atoms with Gasteiger partial charge in [-0.1, -0.05) is 18.2 Å². The van der Waals surface area contributed by atoms with Gasteiger partial charge in [-0.3, -0.25) is 0 Å². The van der Waals surface area contributed by atoms with E-state index in [9.17, 15) is 0 Å². The van der Waals surface area contributed by atoms with Crippen LogP contribution in [0.1, 0.15) is 10.4 Å². The van der Waals surface area contributed by atoms with Crippen molar-refractivity contribution in [2.45, 2.75) is 13.8 Å².